The summed E-state index contributed by atoms with van der Waals surface area (Å²) in [7, 11) is -3.71. The Bertz CT molecular complexity index is 601. The second-order valence-electron chi connectivity index (χ2n) is 5.15. The van der Waals surface area contributed by atoms with Gasteiger partial charge in [0.15, 0.2) is 0 Å². The van der Waals surface area contributed by atoms with Crippen LogP contribution in [0.3, 0.4) is 0 Å². The average Bonchev–Trinajstić information content (AvgIpc) is 2.82. The Morgan fingerprint density at radius 3 is 2.80 bits per heavy atom. The van der Waals surface area contributed by atoms with Gasteiger partial charge in [-0.2, -0.15) is 0 Å². The molecular formula is C13H19N3O3S. The molecule has 7 heteroatoms. The monoisotopic (exact) mass is 297 g/mol. The zero-order valence-corrected chi connectivity index (χ0v) is 12.1. The van der Waals surface area contributed by atoms with Crippen molar-refractivity contribution in [2.45, 2.75) is 18.4 Å². The lowest BCUT2D eigenvalue weighted by Gasteiger charge is -2.14. The lowest BCUT2D eigenvalue weighted by Crippen LogP contribution is -2.33. The summed E-state index contributed by atoms with van der Waals surface area (Å²) in [5.74, 6) is 0.269. The largest absolute Gasteiger partial charge is 0.352 e. The van der Waals surface area contributed by atoms with Crippen LogP contribution in [0.2, 0.25) is 0 Å². The van der Waals surface area contributed by atoms with E-state index in [0.29, 0.717) is 24.6 Å². The summed E-state index contributed by atoms with van der Waals surface area (Å²) >= 11 is 0. The van der Waals surface area contributed by atoms with Crippen LogP contribution in [0, 0.1) is 11.8 Å². The number of hydrogen-bond acceptors (Lipinski definition) is 4. The smallest absolute Gasteiger partial charge is 0.238 e. The molecule has 0 spiro atoms. The van der Waals surface area contributed by atoms with Crippen molar-refractivity contribution in [2.75, 3.05) is 13.1 Å². The summed E-state index contributed by atoms with van der Waals surface area (Å²) in [5, 5.41) is 11.1. The number of amides is 1. The number of nitrogens with two attached hydrogens (primary N) is 1. The number of sulfonamides is 1. The van der Waals surface area contributed by atoms with Gasteiger partial charge >= 0.3 is 0 Å². The number of carbonyl (C=O) groups is 1. The molecule has 20 heavy (non-hydrogen) atoms. The molecule has 0 bridgehead atoms. The summed E-state index contributed by atoms with van der Waals surface area (Å²) in [4.78, 5) is 12.1. The molecule has 1 aliphatic rings. The number of benzene rings is 1. The highest BCUT2D eigenvalue weighted by atomic mass is 32.2. The van der Waals surface area contributed by atoms with Crippen molar-refractivity contribution < 1.29 is 13.2 Å². The van der Waals surface area contributed by atoms with Crippen LogP contribution in [-0.2, 0) is 21.4 Å². The topological polar surface area (TPSA) is 101 Å². The van der Waals surface area contributed by atoms with Gasteiger partial charge in [0.05, 0.1) is 10.8 Å². The quantitative estimate of drug-likeness (QED) is 0.716. The van der Waals surface area contributed by atoms with E-state index in [4.69, 9.17) is 5.14 Å². The Hall–Kier alpha value is -1.44. The predicted octanol–water partition coefficient (Wildman–Crippen LogP) is -0.194. The van der Waals surface area contributed by atoms with E-state index in [1.165, 1.54) is 12.1 Å². The number of nitrogens with one attached hydrogen (secondary N) is 2. The third-order valence-corrected chi connectivity index (χ3v) is 4.46. The van der Waals surface area contributed by atoms with Crippen LogP contribution in [0.1, 0.15) is 12.5 Å². The number of carbonyl (C=O) groups excluding carboxylic acids is 1. The van der Waals surface area contributed by atoms with E-state index in [1.807, 2.05) is 6.92 Å². The molecule has 1 aliphatic heterocycles. The number of rotatable bonds is 4. The van der Waals surface area contributed by atoms with Crippen LogP contribution in [0.5, 0.6) is 0 Å². The van der Waals surface area contributed by atoms with Gasteiger partial charge in [-0.05, 0) is 30.2 Å². The average molecular weight is 297 g/mol. The van der Waals surface area contributed by atoms with E-state index >= 15 is 0 Å². The first-order valence-corrected chi connectivity index (χ1v) is 8.03. The van der Waals surface area contributed by atoms with E-state index in [0.717, 1.165) is 6.54 Å². The maximum absolute atomic E-state index is 12.0. The molecule has 0 aliphatic carbocycles. The second-order valence-corrected chi connectivity index (χ2v) is 6.71. The van der Waals surface area contributed by atoms with Crippen molar-refractivity contribution >= 4 is 15.9 Å². The highest BCUT2D eigenvalue weighted by Gasteiger charge is 2.29. The van der Waals surface area contributed by atoms with Gasteiger partial charge < -0.3 is 10.6 Å². The Balaban J connectivity index is 1.99. The molecule has 0 aromatic heterocycles. The Morgan fingerprint density at radius 1 is 1.45 bits per heavy atom. The maximum atomic E-state index is 12.0. The molecule has 110 valence electrons. The fraction of sp³-hybridized carbons (Fsp3) is 0.462. The molecule has 1 fully saturated rings. The van der Waals surface area contributed by atoms with Gasteiger partial charge in [-0.15, -0.1) is 0 Å². The van der Waals surface area contributed by atoms with Gasteiger partial charge in [0.1, 0.15) is 0 Å². The highest BCUT2D eigenvalue weighted by Crippen LogP contribution is 2.16. The van der Waals surface area contributed by atoms with Gasteiger partial charge in [-0.3, -0.25) is 4.79 Å². The minimum Gasteiger partial charge on any atom is -0.352 e. The van der Waals surface area contributed by atoms with E-state index in [2.05, 4.69) is 10.6 Å². The van der Waals surface area contributed by atoms with Gasteiger partial charge in [0.2, 0.25) is 15.9 Å². The summed E-state index contributed by atoms with van der Waals surface area (Å²) in [6.07, 6.45) is 0. The fourth-order valence-corrected chi connectivity index (χ4v) is 2.90. The van der Waals surface area contributed by atoms with Crippen LogP contribution < -0.4 is 15.8 Å². The normalized spacial score (nSPS) is 22.7. The van der Waals surface area contributed by atoms with Gasteiger partial charge in [-0.25, -0.2) is 13.6 Å². The summed E-state index contributed by atoms with van der Waals surface area (Å²) in [6.45, 7) is 3.86. The molecule has 4 N–H and O–H groups in total. The number of primary sulfonamides is 1. The van der Waals surface area contributed by atoms with Crippen LogP contribution >= 0.6 is 0 Å². The van der Waals surface area contributed by atoms with Crippen LogP contribution in [0.15, 0.2) is 29.2 Å². The minimum absolute atomic E-state index is 0.0106. The zero-order chi connectivity index (χ0) is 14.8. The van der Waals surface area contributed by atoms with Gasteiger partial charge in [-0.1, -0.05) is 19.1 Å². The first kappa shape index (κ1) is 15.0. The number of hydrogen-bond donors (Lipinski definition) is 3. The van der Waals surface area contributed by atoms with E-state index in [-0.39, 0.29) is 16.7 Å². The molecule has 2 unspecified atom stereocenters. The van der Waals surface area contributed by atoms with Crippen molar-refractivity contribution in [1.82, 2.24) is 10.6 Å². The fourth-order valence-electron chi connectivity index (χ4n) is 2.31. The molecule has 0 radical (unpaired) electrons. The van der Waals surface area contributed by atoms with Crippen LogP contribution in [-0.4, -0.2) is 27.4 Å². The van der Waals surface area contributed by atoms with Crippen LogP contribution in [0.4, 0.5) is 0 Å². The molecule has 0 saturated carbocycles. The lowest BCUT2D eigenvalue weighted by molar-refractivity contribution is -0.125. The third kappa shape index (κ3) is 3.56. The molecule has 6 nitrogen and oxygen atoms in total. The van der Waals surface area contributed by atoms with E-state index in [1.54, 1.807) is 12.1 Å². The van der Waals surface area contributed by atoms with Gasteiger partial charge in [0, 0.05) is 13.1 Å². The summed E-state index contributed by atoms with van der Waals surface area (Å²) in [6, 6.07) is 6.28. The van der Waals surface area contributed by atoms with Crippen molar-refractivity contribution in [2.24, 2.45) is 17.0 Å². The molecule has 1 aromatic carbocycles. The van der Waals surface area contributed by atoms with Crippen molar-refractivity contribution in [3.8, 4) is 0 Å². The standard InChI is InChI=1S/C13H19N3O3S/c1-9-6-15-8-12(9)13(17)16-7-10-3-2-4-11(5-10)20(14,18)19/h2-5,9,12,15H,6-8H2,1H3,(H,16,17)(H2,14,18,19). The third-order valence-electron chi connectivity index (χ3n) is 3.55. The summed E-state index contributed by atoms with van der Waals surface area (Å²) < 4.78 is 22.5. The molecule has 2 atom stereocenters. The van der Waals surface area contributed by atoms with Gasteiger partial charge in [0.25, 0.3) is 0 Å². The maximum Gasteiger partial charge on any atom is 0.238 e. The molecule has 1 amide bonds. The Labute approximate surface area is 118 Å². The summed E-state index contributed by atoms with van der Waals surface area (Å²) in [5.41, 5.74) is 0.712. The lowest BCUT2D eigenvalue weighted by atomic mass is 9.97. The van der Waals surface area contributed by atoms with E-state index < -0.39 is 10.0 Å². The zero-order valence-electron chi connectivity index (χ0n) is 11.3. The molecule has 1 aromatic rings. The predicted molar refractivity (Wildman–Crippen MR) is 75.2 cm³/mol. The first-order chi connectivity index (χ1) is 9.38. The van der Waals surface area contributed by atoms with Crippen molar-refractivity contribution in [3.63, 3.8) is 0 Å². The van der Waals surface area contributed by atoms with Crippen molar-refractivity contribution in [1.29, 1.82) is 0 Å². The highest BCUT2D eigenvalue weighted by molar-refractivity contribution is 7.89. The molecule has 1 heterocycles. The SMILES string of the molecule is CC1CNCC1C(=O)NCc1cccc(S(N)(=O)=O)c1. The van der Waals surface area contributed by atoms with Crippen LogP contribution in [0.25, 0.3) is 0 Å². The molecule has 1 saturated heterocycles. The second kappa shape index (κ2) is 5.90. The van der Waals surface area contributed by atoms with E-state index in [9.17, 15) is 13.2 Å². The Morgan fingerprint density at radius 2 is 2.20 bits per heavy atom. The molecular weight excluding hydrogens is 278 g/mol. The molecule has 2 rings (SSSR count). The Kier molecular flexibility index (Phi) is 4.42. The first-order valence-electron chi connectivity index (χ1n) is 6.48. The van der Waals surface area contributed by atoms with Crippen molar-refractivity contribution in [3.05, 3.63) is 29.8 Å². The minimum atomic E-state index is -3.71.